The molecule has 3 rings (SSSR count). The molecule has 6 nitrogen and oxygen atoms in total. The van der Waals surface area contributed by atoms with Crippen molar-refractivity contribution >= 4 is 30.7 Å². The molecule has 0 radical (unpaired) electrons. The number of rotatable bonds is 6. The summed E-state index contributed by atoms with van der Waals surface area (Å²) in [4.78, 5) is 15.0. The fourth-order valence-corrected chi connectivity index (χ4v) is 3.83. The molecular weight excluding hydrogens is 401 g/mol. The lowest BCUT2D eigenvalue weighted by atomic mass is 9.91. The molecule has 28 heavy (non-hydrogen) atoms. The third kappa shape index (κ3) is 6.87. The van der Waals surface area contributed by atoms with E-state index in [9.17, 15) is 4.79 Å². The minimum absolute atomic E-state index is 0. The van der Waals surface area contributed by atoms with Crippen LogP contribution in [-0.4, -0.2) is 62.9 Å². The Morgan fingerprint density at radius 1 is 1.18 bits per heavy atom. The number of carbonyl (C=O) groups excluding carboxylic acids is 1. The molecular formula is C20H33Cl2N3O3. The van der Waals surface area contributed by atoms with E-state index < -0.39 is 6.04 Å². The van der Waals surface area contributed by atoms with Gasteiger partial charge in [-0.2, -0.15) is 0 Å². The Morgan fingerprint density at radius 2 is 1.82 bits per heavy atom. The van der Waals surface area contributed by atoms with Gasteiger partial charge in [0.1, 0.15) is 0 Å². The molecule has 2 unspecified atom stereocenters. The minimum Gasteiger partial charge on any atom is -0.381 e. The van der Waals surface area contributed by atoms with Crippen molar-refractivity contribution in [3.8, 4) is 0 Å². The van der Waals surface area contributed by atoms with E-state index in [2.05, 4.69) is 41.4 Å². The number of nitrogens with one attached hydrogen (secondary N) is 1. The third-order valence-corrected chi connectivity index (χ3v) is 5.46. The van der Waals surface area contributed by atoms with Gasteiger partial charge in [-0.15, -0.1) is 24.8 Å². The lowest BCUT2D eigenvalue weighted by Gasteiger charge is -2.35. The first-order valence-electron chi connectivity index (χ1n) is 9.64. The molecule has 0 spiro atoms. The van der Waals surface area contributed by atoms with Gasteiger partial charge in [0.25, 0.3) is 0 Å². The van der Waals surface area contributed by atoms with Gasteiger partial charge in [0.2, 0.25) is 5.91 Å². The van der Waals surface area contributed by atoms with Gasteiger partial charge >= 0.3 is 0 Å². The molecule has 2 heterocycles. The number of halogens is 2. The summed E-state index contributed by atoms with van der Waals surface area (Å²) in [5.74, 6) is 0.160. The van der Waals surface area contributed by atoms with Gasteiger partial charge in [0, 0.05) is 32.8 Å². The Balaban J connectivity index is 0.00000196. The van der Waals surface area contributed by atoms with Crippen molar-refractivity contribution in [1.29, 1.82) is 0 Å². The van der Waals surface area contributed by atoms with Crippen LogP contribution in [0.1, 0.15) is 30.0 Å². The van der Waals surface area contributed by atoms with Crippen LogP contribution in [0.2, 0.25) is 0 Å². The molecule has 0 aromatic heterocycles. The van der Waals surface area contributed by atoms with Crippen LogP contribution < -0.4 is 11.1 Å². The summed E-state index contributed by atoms with van der Waals surface area (Å²) in [7, 11) is 0. The van der Waals surface area contributed by atoms with Gasteiger partial charge in [-0.05, 0) is 31.2 Å². The van der Waals surface area contributed by atoms with Crippen molar-refractivity contribution in [2.45, 2.75) is 31.8 Å². The van der Waals surface area contributed by atoms with Gasteiger partial charge in [0.05, 0.1) is 25.3 Å². The van der Waals surface area contributed by atoms with Crippen molar-refractivity contribution in [3.63, 3.8) is 0 Å². The van der Waals surface area contributed by atoms with E-state index in [4.69, 9.17) is 15.2 Å². The largest absolute Gasteiger partial charge is 0.381 e. The van der Waals surface area contributed by atoms with Crippen molar-refractivity contribution in [2.24, 2.45) is 11.7 Å². The summed E-state index contributed by atoms with van der Waals surface area (Å²) < 4.78 is 10.9. The van der Waals surface area contributed by atoms with Crippen LogP contribution in [0.25, 0.3) is 0 Å². The Kier molecular flexibility index (Phi) is 11.3. The zero-order valence-electron chi connectivity index (χ0n) is 16.5. The van der Waals surface area contributed by atoms with E-state index >= 15 is 0 Å². The molecule has 2 fully saturated rings. The standard InChI is InChI=1S/C20H31N3O3.2ClH/c1-15-3-2-4-17(13-15)18(23-7-11-26-12-8-23)14-22-20(24)19(21)16-5-9-25-10-6-16;;/h2-4,13,16,18-19H,5-12,14,21H2,1H3,(H,22,24);2*1H. The van der Waals surface area contributed by atoms with Gasteiger partial charge < -0.3 is 20.5 Å². The van der Waals surface area contributed by atoms with Crippen molar-refractivity contribution < 1.29 is 14.3 Å². The number of ether oxygens (including phenoxy) is 2. The zero-order valence-corrected chi connectivity index (χ0v) is 18.1. The molecule has 2 aliphatic rings. The summed E-state index contributed by atoms with van der Waals surface area (Å²) in [6, 6.07) is 8.20. The highest BCUT2D eigenvalue weighted by atomic mass is 35.5. The molecule has 0 aliphatic carbocycles. The van der Waals surface area contributed by atoms with Gasteiger partial charge in [-0.3, -0.25) is 9.69 Å². The van der Waals surface area contributed by atoms with Crippen molar-refractivity contribution in [1.82, 2.24) is 10.2 Å². The number of aryl methyl sites for hydroxylation is 1. The monoisotopic (exact) mass is 433 g/mol. The predicted molar refractivity (Wildman–Crippen MR) is 115 cm³/mol. The molecule has 3 N–H and O–H groups in total. The number of amides is 1. The number of hydrogen-bond donors (Lipinski definition) is 2. The number of morpholine rings is 1. The van der Waals surface area contributed by atoms with E-state index in [0.29, 0.717) is 19.8 Å². The Hall–Kier alpha value is -0.890. The van der Waals surface area contributed by atoms with Crippen LogP contribution >= 0.6 is 24.8 Å². The zero-order chi connectivity index (χ0) is 18.4. The fourth-order valence-electron chi connectivity index (χ4n) is 3.83. The van der Waals surface area contributed by atoms with Crippen molar-refractivity contribution in [3.05, 3.63) is 35.4 Å². The molecule has 8 heteroatoms. The fraction of sp³-hybridized carbons (Fsp3) is 0.650. The normalized spacial score (nSPS) is 20.4. The lowest BCUT2D eigenvalue weighted by molar-refractivity contribution is -0.124. The topological polar surface area (TPSA) is 76.8 Å². The first-order valence-corrected chi connectivity index (χ1v) is 9.64. The Labute approximate surface area is 180 Å². The Morgan fingerprint density at radius 3 is 2.46 bits per heavy atom. The number of benzene rings is 1. The maximum Gasteiger partial charge on any atom is 0.237 e. The van der Waals surface area contributed by atoms with E-state index in [1.807, 2.05) is 0 Å². The second-order valence-corrected chi connectivity index (χ2v) is 7.30. The highest BCUT2D eigenvalue weighted by Crippen LogP contribution is 2.23. The molecule has 2 atom stereocenters. The predicted octanol–water partition coefficient (Wildman–Crippen LogP) is 2.08. The molecule has 2 aliphatic heterocycles. The van der Waals surface area contributed by atoms with E-state index in [1.165, 1.54) is 11.1 Å². The number of nitrogens with zero attached hydrogens (tertiary/aromatic N) is 1. The average molecular weight is 434 g/mol. The summed E-state index contributed by atoms with van der Waals surface area (Å²) in [5, 5.41) is 3.11. The highest BCUT2D eigenvalue weighted by molar-refractivity contribution is 5.85. The highest BCUT2D eigenvalue weighted by Gasteiger charge is 2.28. The van der Waals surface area contributed by atoms with E-state index in [1.54, 1.807) is 0 Å². The van der Waals surface area contributed by atoms with Gasteiger partial charge in [-0.1, -0.05) is 29.8 Å². The van der Waals surface area contributed by atoms with Crippen LogP contribution in [0, 0.1) is 12.8 Å². The third-order valence-electron chi connectivity index (χ3n) is 5.46. The summed E-state index contributed by atoms with van der Waals surface area (Å²) >= 11 is 0. The van der Waals surface area contributed by atoms with Crippen LogP contribution in [0.5, 0.6) is 0 Å². The van der Waals surface area contributed by atoms with Gasteiger partial charge in [-0.25, -0.2) is 0 Å². The maximum atomic E-state index is 12.6. The molecule has 1 amide bonds. The second kappa shape index (κ2) is 12.6. The van der Waals surface area contributed by atoms with E-state index in [-0.39, 0.29) is 42.7 Å². The number of hydrogen-bond acceptors (Lipinski definition) is 5. The molecule has 1 aromatic carbocycles. The minimum atomic E-state index is -0.457. The first-order chi connectivity index (χ1) is 12.6. The van der Waals surface area contributed by atoms with Crippen LogP contribution in [0.15, 0.2) is 24.3 Å². The van der Waals surface area contributed by atoms with Crippen LogP contribution in [0.3, 0.4) is 0 Å². The Bertz CT molecular complexity index is 594. The molecule has 0 saturated carbocycles. The molecule has 0 bridgehead atoms. The maximum absolute atomic E-state index is 12.6. The SMILES string of the molecule is Cc1cccc(C(CNC(=O)C(N)C2CCOCC2)N2CCOCC2)c1.Cl.Cl. The number of nitrogens with two attached hydrogens (primary N) is 1. The summed E-state index contributed by atoms with van der Waals surface area (Å²) in [5.41, 5.74) is 8.67. The lowest BCUT2D eigenvalue weighted by Crippen LogP contribution is -2.50. The van der Waals surface area contributed by atoms with Crippen LogP contribution in [-0.2, 0) is 14.3 Å². The average Bonchev–Trinajstić information content (AvgIpc) is 2.69. The smallest absolute Gasteiger partial charge is 0.237 e. The van der Waals surface area contributed by atoms with Gasteiger partial charge in [0.15, 0.2) is 0 Å². The quantitative estimate of drug-likeness (QED) is 0.717. The second-order valence-electron chi connectivity index (χ2n) is 7.30. The molecule has 1 aromatic rings. The molecule has 160 valence electrons. The first kappa shape index (κ1) is 25.1. The van der Waals surface area contributed by atoms with Crippen molar-refractivity contribution in [2.75, 3.05) is 46.1 Å². The van der Waals surface area contributed by atoms with Crippen LogP contribution in [0.4, 0.5) is 0 Å². The molecule has 2 saturated heterocycles. The summed E-state index contributed by atoms with van der Waals surface area (Å²) in [6.45, 7) is 7.28. The number of carbonyl (C=O) groups is 1. The summed E-state index contributed by atoms with van der Waals surface area (Å²) in [6.07, 6.45) is 1.72. The van der Waals surface area contributed by atoms with E-state index in [0.717, 1.165) is 39.1 Å².